The van der Waals surface area contributed by atoms with Crippen LogP contribution in [0.25, 0.3) is 0 Å². The first kappa shape index (κ1) is 20.5. The zero-order valence-electron chi connectivity index (χ0n) is 17.2. The van der Waals surface area contributed by atoms with E-state index >= 15 is 0 Å². The van der Waals surface area contributed by atoms with Crippen molar-refractivity contribution in [3.63, 3.8) is 0 Å². The highest BCUT2D eigenvalue weighted by Gasteiger charge is 2.32. The van der Waals surface area contributed by atoms with Gasteiger partial charge in [0.1, 0.15) is 5.82 Å². The van der Waals surface area contributed by atoms with Crippen molar-refractivity contribution in [2.45, 2.75) is 19.4 Å². The van der Waals surface area contributed by atoms with Crippen LogP contribution >= 0.6 is 0 Å². The lowest BCUT2D eigenvalue weighted by atomic mass is 9.95. The third kappa shape index (κ3) is 4.87. The second kappa shape index (κ2) is 9.39. The third-order valence-corrected chi connectivity index (χ3v) is 6.08. The van der Waals surface area contributed by atoms with Gasteiger partial charge in [-0.15, -0.1) is 0 Å². The summed E-state index contributed by atoms with van der Waals surface area (Å²) in [7, 11) is 0. The van der Waals surface area contributed by atoms with Crippen LogP contribution in [0.5, 0.6) is 0 Å². The Bertz CT molecular complexity index is 864. The molecule has 1 unspecified atom stereocenters. The fraction of sp³-hybridized carbons (Fsp3) is 0.417. The number of carbonyl (C=O) groups excluding carboxylic acids is 2. The average molecular weight is 410 g/mol. The lowest BCUT2D eigenvalue weighted by Gasteiger charge is -2.39. The number of nitrogens with zero attached hydrogens (tertiary/aromatic N) is 3. The number of likely N-dealkylation sites (tertiary alicyclic amines) is 1. The topological polar surface area (TPSA) is 43.9 Å². The van der Waals surface area contributed by atoms with Crippen molar-refractivity contribution < 1.29 is 14.0 Å². The number of benzene rings is 2. The summed E-state index contributed by atoms with van der Waals surface area (Å²) >= 11 is 0. The molecule has 2 amide bonds. The molecule has 158 valence electrons. The molecular weight excluding hydrogens is 381 g/mol. The van der Waals surface area contributed by atoms with Crippen LogP contribution in [0.15, 0.2) is 54.6 Å². The standard InChI is InChI=1S/C24H28FN3O2/c25-22-10-8-20(9-11-22)23(29)28-12-4-7-21(18-28)24(30)27-15-13-26(14-16-27)17-19-5-2-1-3-6-19/h1-3,5-6,8-11,21H,4,7,12-18H2. The maximum atomic E-state index is 13.1. The van der Waals surface area contributed by atoms with Crippen molar-refractivity contribution in [2.75, 3.05) is 39.3 Å². The molecule has 2 aliphatic heterocycles. The summed E-state index contributed by atoms with van der Waals surface area (Å²) in [5.74, 6) is -0.473. The van der Waals surface area contributed by atoms with Crippen LogP contribution in [-0.2, 0) is 11.3 Å². The van der Waals surface area contributed by atoms with E-state index in [9.17, 15) is 14.0 Å². The molecule has 0 aromatic heterocycles. The molecule has 1 atom stereocenters. The number of amides is 2. The van der Waals surface area contributed by atoms with Crippen molar-refractivity contribution in [1.29, 1.82) is 0 Å². The second-order valence-electron chi connectivity index (χ2n) is 8.18. The van der Waals surface area contributed by atoms with Crippen LogP contribution in [0.3, 0.4) is 0 Å². The molecule has 2 heterocycles. The zero-order chi connectivity index (χ0) is 20.9. The number of hydrogen-bond acceptors (Lipinski definition) is 3. The first-order chi connectivity index (χ1) is 14.6. The fourth-order valence-electron chi connectivity index (χ4n) is 4.36. The summed E-state index contributed by atoms with van der Waals surface area (Å²) < 4.78 is 13.1. The molecule has 0 N–H and O–H groups in total. The van der Waals surface area contributed by atoms with Gasteiger partial charge in [0.25, 0.3) is 5.91 Å². The van der Waals surface area contributed by atoms with Crippen molar-refractivity contribution in [3.8, 4) is 0 Å². The Kier molecular flexibility index (Phi) is 6.43. The molecular formula is C24H28FN3O2. The monoisotopic (exact) mass is 409 g/mol. The molecule has 2 aromatic rings. The van der Waals surface area contributed by atoms with E-state index in [4.69, 9.17) is 0 Å². The molecule has 30 heavy (non-hydrogen) atoms. The maximum absolute atomic E-state index is 13.1. The van der Waals surface area contributed by atoms with Crippen molar-refractivity contribution in [3.05, 3.63) is 71.5 Å². The number of halogens is 1. The largest absolute Gasteiger partial charge is 0.340 e. The van der Waals surface area contributed by atoms with Crippen molar-refractivity contribution >= 4 is 11.8 Å². The van der Waals surface area contributed by atoms with E-state index in [1.54, 1.807) is 4.90 Å². The second-order valence-corrected chi connectivity index (χ2v) is 8.18. The summed E-state index contributed by atoms with van der Waals surface area (Å²) in [6.45, 7) is 5.19. The quantitative estimate of drug-likeness (QED) is 0.780. The molecule has 0 spiro atoms. The van der Waals surface area contributed by atoms with Crippen molar-refractivity contribution in [2.24, 2.45) is 5.92 Å². The average Bonchev–Trinajstić information content (AvgIpc) is 2.80. The SMILES string of the molecule is O=C(c1ccc(F)cc1)N1CCCC(C(=O)N2CCN(Cc3ccccc3)CC2)C1. The molecule has 0 radical (unpaired) electrons. The molecule has 2 aromatic carbocycles. The van der Waals surface area contributed by atoms with Gasteiger partial charge in [0, 0.05) is 51.4 Å². The Morgan fingerprint density at radius 3 is 2.27 bits per heavy atom. The van der Waals surface area contributed by atoms with Gasteiger partial charge in [-0.05, 0) is 42.7 Å². The summed E-state index contributed by atoms with van der Waals surface area (Å²) in [5.41, 5.74) is 1.76. The Balaban J connectivity index is 1.30. The molecule has 0 saturated carbocycles. The highest BCUT2D eigenvalue weighted by atomic mass is 19.1. The summed E-state index contributed by atoms with van der Waals surface area (Å²) in [6.07, 6.45) is 1.63. The van der Waals surface area contributed by atoms with Crippen LogP contribution in [0, 0.1) is 11.7 Å². The normalized spacial score (nSPS) is 20.2. The van der Waals surface area contributed by atoms with Gasteiger partial charge in [-0.1, -0.05) is 30.3 Å². The molecule has 0 bridgehead atoms. The minimum absolute atomic E-state index is 0.125. The maximum Gasteiger partial charge on any atom is 0.253 e. The molecule has 6 heteroatoms. The Morgan fingerprint density at radius 1 is 0.867 bits per heavy atom. The van der Waals surface area contributed by atoms with E-state index in [0.717, 1.165) is 45.6 Å². The van der Waals surface area contributed by atoms with Gasteiger partial charge < -0.3 is 9.80 Å². The van der Waals surface area contributed by atoms with E-state index in [0.29, 0.717) is 18.7 Å². The summed E-state index contributed by atoms with van der Waals surface area (Å²) in [5, 5.41) is 0. The minimum Gasteiger partial charge on any atom is -0.340 e. The van der Waals surface area contributed by atoms with Crippen LogP contribution < -0.4 is 0 Å². The lowest BCUT2D eigenvalue weighted by Crippen LogP contribution is -2.52. The fourth-order valence-corrected chi connectivity index (χ4v) is 4.36. The van der Waals surface area contributed by atoms with Gasteiger partial charge in [-0.25, -0.2) is 4.39 Å². The van der Waals surface area contributed by atoms with E-state index in [2.05, 4.69) is 29.2 Å². The van der Waals surface area contributed by atoms with Crippen LogP contribution in [0.2, 0.25) is 0 Å². The Morgan fingerprint density at radius 2 is 1.57 bits per heavy atom. The van der Waals surface area contributed by atoms with E-state index in [1.807, 2.05) is 11.0 Å². The molecule has 2 aliphatic rings. The molecule has 5 nitrogen and oxygen atoms in total. The number of carbonyl (C=O) groups is 2. The zero-order valence-corrected chi connectivity index (χ0v) is 17.2. The lowest BCUT2D eigenvalue weighted by molar-refractivity contribution is -0.138. The highest BCUT2D eigenvalue weighted by molar-refractivity contribution is 5.94. The predicted molar refractivity (Wildman–Crippen MR) is 113 cm³/mol. The van der Waals surface area contributed by atoms with Gasteiger partial charge >= 0.3 is 0 Å². The Hall–Kier alpha value is -2.73. The van der Waals surface area contributed by atoms with Gasteiger partial charge in [0.15, 0.2) is 0 Å². The van der Waals surface area contributed by atoms with Gasteiger partial charge in [0.05, 0.1) is 5.92 Å². The van der Waals surface area contributed by atoms with Gasteiger partial charge in [0.2, 0.25) is 5.91 Å². The number of piperazine rings is 1. The van der Waals surface area contributed by atoms with E-state index in [-0.39, 0.29) is 23.5 Å². The third-order valence-electron chi connectivity index (χ3n) is 6.08. The van der Waals surface area contributed by atoms with E-state index < -0.39 is 0 Å². The molecule has 2 fully saturated rings. The first-order valence-corrected chi connectivity index (χ1v) is 10.7. The minimum atomic E-state index is -0.357. The van der Waals surface area contributed by atoms with Gasteiger partial charge in [-0.3, -0.25) is 14.5 Å². The van der Waals surface area contributed by atoms with Crippen molar-refractivity contribution in [1.82, 2.24) is 14.7 Å². The molecule has 0 aliphatic carbocycles. The highest BCUT2D eigenvalue weighted by Crippen LogP contribution is 2.22. The van der Waals surface area contributed by atoms with Gasteiger partial charge in [-0.2, -0.15) is 0 Å². The van der Waals surface area contributed by atoms with Crippen LogP contribution in [-0.4, -0.2) is 65.8 Å². The number of rotatable bonds is 4. The summed E-state index contributed by atoms with van der Waals surface area (Å²) in [4.78, 5) is 31.9. The van der Waals surface area contributed by atoms with Crippen LogP contribution in [0.4, 0.5) is 4.39 Å². The predicted octanol–water partition coefficient (Wildman–Crippen LogP) is 3.02. The number of hydrogen-bond donors (Lipinski definition) is 0. The molecule has 4 rings (SSSR count). The number of piperidine rings is 1. The first-order valence-electron chi connectivity index (χ1n) is 10.7. The van der Waals surface area contributed by atoms with E-state index in [1.165, 1.54) is 29.8 Å². The smallest absolute Gasteiger partial charge is 0.253 e. The summed E-state index contributed by atoms with van der Waals surface area (Å²) in [6, 6.07) is 16.0. The Labute approximate surface area is 177 Å². The van der Waals surface area contributed by atoms with Crippen LogP contribution in [0.1, 0.15) is 28.8 Å². The molecule has 2 saturated heterocycles.